The van der Waals surface area contributed by atoms with Crippen molar-refractivity contribution >= 4 is 40.4 Å². The maximum atomic E-state index is 12.4. The van der Waals surface area contributed by atoms with Gasteiger partial charge in [-0.25, -0.2) is 4.79 Å². The fraction of sp³-hybridized carbons (Fsp3) is 0.333. The summed E-state index contributed by atoms with van der Waals surface area (Å²) in [5.41, 5.74) is 0.332. The van der Waals surface area contributed by atoms with Gasteiger partial charge in [-0.2, -0.15) is 0 Å². The predicted octanol–water partition coefficient (Wildman–Crippen LogP) is 1.72. The summed E-state index contributed by atoms with van der Waals surface area (Å²) >= 11 is 0.994. The highest BCUT2D eigenvalue weighted by Gasteiger charge is 2.24. The Balaban J connectivity index is 2.98. The molecule has 0 saturated carbocycles. The summed E-state index contributed by atoms with van der Waals surface area (Å²) in [7, 11) is 0. The largest absolute Gasteiger partial charge is 0.480 e. The summed E-state index contributed by atoms with van der Waals surface area (Å²) in [6.45, 7) is 2.46. The minimum Gasteiger partial charge on any atom is -0.480 e. The minimum atomic E-state index is -1.19. The van der Waals surface area contributed by atoms with E-state index in [-0.39, 0.29) is 16.4 Å². The van der Waals surface area contributed by atoms with E-state index in [0.717, 1.165) is 16.7 Å². The van der Waals surface area contributed by atoms with Gasteiger partial charge in [0, 0.05) is 24.3 Å². The quantitative estimate of drug-likeness (QED) is 0.777. The van der Waals surface area contributed by atoms with Crippen molar-refractivity contribution in [3.05, 3.63) is 29.8 Å². The van der Waals surface area contributed by atoms with Crippen molar-refractivity contribution < 1.29 is 29.4 Å². The third-order valence-corrected chi connectivity index (χ3v) is 4.02. The lowest BCUT2D eigenvalue weighted by Gasteiger charge is -2.24. The van der Waals surface area contributed by atoms with Crippen molar-refractivity contribution in [2.45, 2.75) is 13.8 Å². The Bertz CT molecular complexity index is 613. The molecule has 0 spiro atoms. The third kappa shape index (κ3) is 5.74. The summed E-state index contributed by atoms with van der Waals surface area (Å²) in [6, 6.07) is 5.37. The van der Waals surface area contributed by atoms with Gasteiger partial charge < -0.3 is 15.1 Å². The fourth-order valence-corrected chi connectivity index (χ4v) is 2.42. The Morgan fingerprint density at radius 2 is 1.70 bits per heavy atom. The summed E-state index contributed by atoms with van der Waals surface area (Å²) in [6.07, 6.45) is 0. The van der Waals surface area contributed by atoms with Crippen LogP contribution >= 0.6 is 11.8 Å². The van der Waals surface area contributed by atoms with Crippen LogP contribution in [0.3, 0.4) is 0 Å². The fourth-order valence-electron chi connectivity index (χ4n) is 1.80. The van der Waals surface area contributed by atoms with E-state index in [1.807, 2.05) is 0 Å². The average Bonchev–Trinajstić information content (AvgIpc) is 2.49. The Labute approximate surface area is 137 Å². The Morgan fingerprint density at radius 3 is 2.13 bits per heavy atom. The molecule has 0 aliphatic carbocycles. The summed E-state index contributed by atoms with van der Waals surface area (Å²) in [5.74, 6) is -3.05. The summed E-state index contributed by atoms with van der Waals surface area (Å²) in [4.78, 5) is 46.3. The molecule has 2 N–H and O–H groups in total. The third-order valence-electron chi connectivity index (χ3n) is 2.94. The molecule has 8 heteroatoms. The van der Waals surface area contributed by atoms with Gasteiger partial charge in [-0.1, -0.05) is 18.7 Å². The van der Waals surface area contributed by atoms with Gasteiger partial charge in [0.05, 0.1) is 5.56 Å². The molecule has 1 rings (SSSR count). The van der Waals surface area contributed by atoms with E-state index < -0.39 is 30.3 Å². The molecule has 1 aromatic carbocycles. The number of aliphatic carboxylic acids is 1. The number of rotatable bonds is 7. The second kappa shape index (κ2) is 8.33. The van der Waals surface area contributed by atoms with Crippen molar-refractivity contribution in [2.75, 3.05) is 17.2 Å². The lowest BCUT2D eigenvalue weighted by Crippen LogP contribution is -2.39. The van der Waals surface area contributed by atoms with Crippen LogP contribution in [0, 0.1) is 5.92 Å². The number of carbonyl (C=O) groups excluding carboxylic acids is 2. The van der Waals surface area contributed by atoms with Crippen molar-refractivity contribution in [3.63, 3.8) is 0 Å². The monoisotopic (exact) mass is 339 g/mol. The van der Waals surface area contributed by atoms with Crippen LogP contribution in [0.5, 0.6) is 0 Å². The minimum absolute atomic E-state index is 0.0386. The van der Waals surface area contributed by atoms with E-state index in [9.17, 15) is 19.2 Å². The molecule has 1 atom stereocenters. The highest BCUT2D eigenvalue weighted by molar-refractivity contribution is 8.13. The van der Waals surface area contributed by atoms with E-state index in [0.29, 0.717) is 5.69 Å². The molecule has 124 valence electrons. The lowest BCUT2D eigenvalue weighted by atomic mass is 10.1. The molecule has 0 heterocycles. The van der Waals surface area contributed by atoms with Crippen molar-refractivity contribution in [2.24, 2.45) is 5.92 Å². The molecule has 0 aromatic heterocycles. The maximum absolute atomic E-state index is 12.4. The van der Waals surface area contributed by atoms with Crippen LogP contribution in [-0.4, -0.2) is 45.5 Å². The average molecular weight is 339 g/mol. The van der Waals surface area contributed by atoms with Crippen molar-refractivity contribution in [1.29, 1.82) is 0 Å². The van der Waals surface area contributed by atoms with Crippen LogP contribution in [0.15, 0.2) is 24.3 Å². The number of aromatic carboxylic acids is 1. The van der Waals surface area contributed by atoms with E-state index in [2.05, 4.69) is 0 Å². The van der Waals surface area contributed by atoms with Gasteiger partial charge in [0.15, 0.2) is 5.12 Å². The Hall–Kier alpha value is -2.35. The Kier molecular flexibility index (Phi) is 6.77. The molecule has 0 aliphatic heterocycles. The first-order valence-corrected chi connectivity index (χ1v) is 7.70. The second-order valence-corrected chi connectivity index (χ2v) is 6.07. The first-order valence-electron chi connectivity index (χ1n) is 6.72. The van der Waals surface area contributed by atoms with Crippen LogP contribution in [0.1, 0.15) is 24.2 Å². The smallest absolute Gasteiger partial charge is 0.335 e. The molecular weight excluding hydrogens is 322 g/mol. The second-order valence-electron chi connectivity index (χ2n) is 4.87. The number of carboxylic acids is 2. The number of benzene rings is 1. The topological polar surface area (TPSA) is 112 Å². The first-order chi connectivity index (χ1) is 10.7. The van der Waals surface area contributed by atoms with Gasteiger partial charge in [-0.15, -0.1) is 0 Å². The number of carboxylic acid groups (broad SMARTS) is 2. The molecule has 1 unspecified atom stereocenters. The van der Waals surface area contributed by atoms with Gasteiger partial charge in [-0.3, -0.25) is 14.4 Å². The molecule has 1 amide bonds. The lowest BCUT2D eigenvalue weighted by molar-refractivity contribution is -0.137. The number of hydrogen-bond acceptors (Lipinski definition) is 5. The van der Waals surface area contributed by atoms with Gasteiger partial charge in [-0.05, 0) is 24.3 Å². The van der Waals surface area contributed by atoms with E-state index in [1.54, 1.807) is 6.92 Å². The van der Waals surface area contributed by atoms with Crippen LogP contribution in [0.4, 0.5) is 5.69 Å². The summed E-state index contributed by atoms with van der Waals surface area (Å²) in [5, 5.41) is 17.7. The normalized spacial score (nSPS) is 11.6. The van der Waals surface area contributed by atoms with Gasteiger partial charge in [0.2, 0.25) is 5.91 Å². The number of carbonyl (C=O) groups is 4. The standard InChI is InChI=1S/C15H17NO6S/c1-9(8-23-10(2)17)14(20)16(7-13(18)19)12-5-3-11(4-6-12)15(21)22/h3-6,9H,7-8H2,1-2H3,(H,18,19)(H,21,22). The molecule has 1 aromatic rings. The molecule has 0 bridgehead atoms. The molecule has 0 aliphatic rings. The molecular formula is C15H17NO6S. The SMILES string of the molecule is CC(=O)SCC(C)C(=O)N(CC(=O)O)c1ccc(C(=O)O)cc1. The zero-order chi connectivity index (χ0) is 17.6. The zero-order valence-electron chi connectivity index (χ0n) is 12.7. The first kappa shape index (κ1) is 18.7. The molecule has 0 fully saturated rings. The van der Waals surface area contributed by atoms with Crippen molar-refractivity contribution in [1.82, 2.24) is 0 Å². The number of amides is 1. The predicted molar refractivity (Wildman–Crippen MR) is 85.7 cm³/mol. The highest BCUT2D eigenvalue weighted by atomic mass is 32.2. The molecule has 23 heavy (non-hydrogen) atoms. The highest BCUT2D eigenvalue weighted by Crippen LogP contribution is 2.20. The van der Waals surface area contributed by atoms with E-state index in [1.165, 1.54) is 31.2 Å². The van der Waals surface area contributed by atoms with E-state index in [4.69, 9.17) is 10.2 Å². The molecule has 7 nitrogen and oxygen atoms in total. The van der Waals surface area contributed by atoms with Crippen LogP contribution in [0.25, 0.3) is 0 Å². The van der Waals surface area contributed by atoms with E-state index >= 15 is 0 Å². The number of thioether (sulfide) groups is 1. The zero-order valence-corrected chi connectivity index (χ0v) is 13.5. The van der Waals surface area contributed by atoms with Gasteiger partial charge in [0.25, 0.3) is 0 Å². The maximum Gasteiger partial charge on any atom is 0.335 e. The van der Waals surface area contributed by atoms with Crippen molar-refractivity contribution in [3.8, 4) is 0 Å². The van der Waals surface area contributed by atoms with Crippen LogP contribution in [0.2, 0.25) is 0 Å². The van der Waals surface area contributed by atoms with Crippen LogP contribution < -0.4 is 4.90 Å². The number of hydrogen-bond donors (Lipinski definition) is 2. The van der Waals surface area contributed by atoms with Gasteiger partial charge in [0.1, 0.15) is 6.54 Å². The Morgan fingerprint density at radius 1 is 1.13 bits per heavy atom. The molecule has 0 radical (unpaired) electrons. The molecule has 0 saturated heterocycles. The van der Waals surface area contributed by atoms with Crippen LogP contribution in [-0.2, 0) is 14.4 Å². The summed E-state index contributed by atoms with van der Waals surface area (Å²) < 4.78 is 0. The van der Waals surface area contributed by atoms with Gasteiger partial charge >= 0.3 is 11.9 Å². The number of nitrogens with zero attached hydrogens (tertiary/aromatic N) is 1. The number of anilines is 1.